The number of nitrogens with zero attached hydrogens (tertiary/aromatic N) is 3. The van der Waals surface area contributed by atoms with E-state index in [1.54, 1.807) is 16.8 Å². The number of fused-ring (bicyclic) bond motifs is 3. The molecule has 2 heterocycles. The predicted octanol–water partition coefficient (Wildman–Crippen LogP) is 4.23. The molecule has 8 heteroatoms. The molecule has 1 atom stereocenters. The Balaban J connectivity index is 1.26. The lowest BCUT2D eigenvalue weighted by atomic mass is 9.75. The van der Waals surface area contributed by atoms with Crippen LogP contribution in [0.4, 0.5) is 4.79 Å². The van der Waals surface area contributed by atoms with E-state index in [9.17, 15) is 9.59 Å². The standard InChI is InChI=1S/C27H38N4O3S/c1-29(12-13-30(2)27(33)28-35-21-6-7-21)26(32)20-5-9-25-23(17-20)22-16-19(4-8-24(22)31(25)3)18-10-14-34-15-11-18/h5,9,17-19,21H,4,6-8,10-16H2,1-3H3,(H,28,33). The minimum absolute atomic E-state index is 0.00227. The number of carbonyl (C=O) groups excluding carboxylic acids is 2. The molecule has 2 aliphatic carbocycles. The van der Waals surface area contributed by atoms with Crippen LogP contribution in [0.3, 0.4) is 0 Å². The first-order valence-corrected chi connectivity index (χ1v) is 13.9. The van der Waals surface area contributed by atoms with Crippen molar-refractivity contribution in [2.24, 2.45) is 18.9 Å². The summed E-state index contributed by atoms with van der Waals surface area (Å²) in [5, 5.41) is 1.80. The highest BCUT2D eigenvalue weighted by Crippen LogP contribution is 2.39. The Morgan fingerprint density at radius 1 is 1.06 bits per heavy atom. The number of amides is 3. The van der Waals surface area contributed by atoms with Gasteiger partial charge < -0.3 is 19.1 Å². The van der Waals surface area contributed by atoms with Crippen molar-refractivity contribution in [3.63, 3.8) is 0 Å². The summed E-state index contributed by atoms with van der Waals surface area (Å²) in [6, 6.07) is 6.05. The van der Waals surface area contributed by atoms with Crippen molar-refractivity contribution in [1.82, 2.24) is 19.1 Å². The average molecular weight is 499 g/mol. The molecule has 1 aromatic carbocycles. The van der Waals surface area contributed by atoms with Gasteiger partial charge in [0, 0.05) is 74.9 Å². The average Bonchev–Trinajstić information content (AvgIpc) is 3.69. The largest absolute Gasteiger partial charge is 0.381 e. The van der Waals surface area contributed by atoms with Gasteiger partial charge in [-0.1, -0.05) is 0 Å². The maximum Gasteiger partial charge on any atom is 0.327 e. The summed E-state index contributed by atoms with van der Waals surface area (Å²) in [5.74, 6) is 1.46. The van der Waals surface area contributed by atoms with Crippen molar-refractivity contribution in [3.05, 3.63) is 35.0 Å². The smallest absolute Gasteiger partial charge is 0.327 e. The molecule has 3 aliphatic rings. The zero-order valence-corrected chi connectivity index (χ0v) is 22.0. The Morgan fingerprint density at radius 3 is 2.54 bits per heavy atom. The van der Waals surface area contributed by atoms with Crippen LogP contribution in [0.25, 0.3) is 10.9 Å². The number of likely N-dealkylation sites (N-methyl/N-ethyl adjacent to an activating group) is 2. The predicted molar refractivity (Wildman–Crippen MR) is 141 cm³/mol. The Morgan fingerprint density at radius 2 is 1.80 bits per heavy atom. The van der Waals surface area contributed by atoms with Gasteiger partial charge in [0.1, 0.15) is 0 Å². The molecule has 7 nitrogen and oxygen atoms in total. The molecule has 1 aliphatic heterocycles. The lowest BCUT2D eigenvalue weighted by Crippen LogP contribution is -2.40. The molecule has 190 valence electrons. The van der Waals surface area contributed by atoms with Gasteiger partial charge in [0.25, 0.3) is 5.91 Å². The number of aryl methyl sites for hydroxylation is 1. The zero-order chi connectivity index (χ0) is 24.5. The van der Waals surface area contributed by atoms with E-state index in [0.717, 1.165) is 37.5 Å². The Hall–Kier alpha value is -2.19. The topological polar surface area (TPSA) is 66.8 Å². The number of benzene rings is 1. The minimum Gasteiger partial charge on any atom is -0.381 e. The molecular formula is C27H38N4O3S. The molecule has 0 bridgehead atoms. The van der Waals surface area contributed by atoms with E-state index >= 15 is 0 Å². The lowest BCUT2D eigenvalue weighted by Gasteiger charge is -2.33. The van der Waals surface area contributed by atoms with Gasteiger partial charge in [-0.05, 0) is 92.5 Å². The number of nitrogens with one attached hydrogen (secondary N) is 1. The molecule has 3 amide bonds. The third-order valence-electron chi connectivity index (χ3n) is 8.14. The maximum absolute atomic E-state index is 13.3. The van der Waals surface area contributed by atoms with Gasteiger partial charge in [-0.15, -0.1) is 0 Å². The number of carbonyl (C=O) groups is 2. The molecule has 0 spiro atoms. The second-order valence-electron chi connectivity index (χ2n) is 10.5. The van der Waals surface area contributed by atoms with Crippen molar-refractivity contribution in [3.8, 4) is 0 Å². The Bertz CT molecular complexity index is 1090. The molecule has 5 rings (SSSR count). The summed E-state index contributed by atoms with van der Waals surface area (Å²) in [5.41, 5.74) is 4.80. The van der Waals surface area contributed by atoms with Crippen molar-refractivity contribution < 1.29 is 14.3 Å². The zero-order valence-electron chi connectivity index (χ0n) is 21.2. The van der Waals surface area contributed by atoms with Crippen molar-refractivity contribution >= 4 is 34.8 Å². The summed E-state index contributed by atoms with van der Waals surface area (Å²) >= 11 is 1.51. The van der Waals surface area contributed by atoms with Crippen molar-refractivity contribution in [2.45, 2.75) is 50.2 Å². The fourth-order valence-electron chi connectivity index (χ4n) is 5.65. The summed E-state index contributed by atoms with van der Waals surface area (Å²) in [6.07, 6.45) is 8.16. The second kappa shape index (κ2) is 10.4. The Kier molecular flexibility index (Phi) is 7.30. The highest BCUT2D eigenvalue weighted by Gasteiger charge is 2.31. The molecule has 2 fully saturated rings. The van der Waals surface area contributed by atoms with Crippen LogP contribution < -0.4 is 4.72 Å². The van der Waals surface area contributed by atoms with Gasteiger partial charge in [0.05, 0.1) is 0 Å². The molecule has 35 heavy (non-hydrogen) atoms. The third kappa shape index (κ3) is 5.33. The first-order chi connectivity index (χ1) is 16.9. The fraction of sp³-hybridized carbons (Fsp3) is 0.630. The molecular weight excluding hydrogens is 460 g/mol. The first kappa shape index (κ1) is 24.5. The van der Waals surface area contributed by atoms with Gasteiger partial charge in [-0.25, -0.2) is 4.79 Å². The SMILES string of the molecule is CN(CCN(C)C(=O)c1ccc2c(c1)c1c(n2C)CCC(C2CCOCC2)C1)C(=O)NSC1CC1. The maximum atomic E-state index is 13.3. The molecule has 1 saturated heterocycles. The van der Waals surface area contributed by atoms with Gasteiger partial charge in [-0.2, -0.15) is 0 Å². The third-order valence-corrected chi connectivity index (χ3v) is 9.23. The van der Waals surface area contributed by atoms with E-state index in [4.69, 9.17) is 4.74 Å². The van der Waals surface area contributed by atoms with Crippen LogP contribution in [0.15, 0.2) is 18.2 Å². The quantitative estimate of drug-likeness (QED) is 0.580. The van der Waals surface area contributed by atoms with E-state index in [1.165, 1.54) is 66.2 Å². The lowest BCUT2D eigenvalue weighted by molar-refractivity contribution is 0.0439. The van der Waals surface area contributed by atoms with Gasteiger partial charge in [-0.3, -0.25) is 9.52 Å². The van der Waals surface area contributed by atoms with E-state index < -0.39 is 0 Å². The monoisotopic (exact) mass is 498 g/mol. The highest BCUT2D eigenvalue weighted by molar-refractivity contribution is 7.98. The van der Waals surface area contributed by atoms with Crippen LogP contribution in [0.1, 0.15) is 53.7 Å². The van der Waals surface area contributed by atoms with Gasteiger partial charge >= 0.3 is 6.03 Å². The van der Waals surface area contributed by atoms with Crippen LogP contribution in [0.5, 0.6) is 0 Å². The highest BCUT2D eigenvalue weighted by atomic mass is 32.2. The number of hydrogen-bond acceptors (Lipinski definition) is 4. The van der Waals surface area contributed by atoms with Crippen LogP contribution in [-0.4, -0.2) is 72.0 Å². The molecule has 0 radical (unpaired) electrons. The number of ether oxygens (including phenoxy) is 1. The van der Waals surface area contributed by atoms with Crippen LogP contribution in [-0.2, 0) is 24.6 Å². The fourth-order valence-corrected chi connectivity index (χ4v) is 6.45. The summed E-state index contributed by atoms with van der Waals surface area (Å²) in [4.78, 5) is 28.9. The normalized spacial score (nSPS) is 20.5. The molecule has 1 saturated carbocycles. The summed E-state index contributed by atoms with van der Waals surface area (Å²) < 4.78 is 10.8. The van der Waals surface area contributed by atoms with E-state index in [2.05, 4.69) is 28.5 Å². The molecule has 1 unspecified atom stereocenters. The number of aromatic nitrogens is 1. The van der Waals surface area contributed by atoms with Gasteiger partial charge in [0.2, 0.25) is 0 Å². The first-order valence-electron chi connectivity index (χ1n) is 13.0. The number of hydrogen-bond donors (Lipinski definition) is 1. The van der Waals surface area contributed by atoms with E-state index in [-0.39, 0.29) is 11.9 Å². The second-order valence-corrected chi connectivity index (χ2v) is 11.6. The van der Waals surface area contributed by atoms with Crippen LogP contribution in [0, 0.1) is 11.8 Å². The Labute approximate surface area is 212 Å². The molecule has 2 aromatic rings. The van der Waals surface area contributed by atoms with Gasteiger partial charge in [0.15, 0.2) is 0 Å². The molecule has 1 aromatic heterocycles. The number of rotatable bonds is 7. The van der Waals surface area contributed by atoms with E-state index in [0.29, 0.717) is 24.3 Å². The molecule has 1 N–H and O–H groups in total. The van der Waals surface area contributed by atoms with Crippen molar-refractivity contribution in [1.29, 1.82) is 0 Å². The van der Waals surface area contributed by atoms with Crippen LogP contribution in [0.2, 0.25) is 0 Å². The minimum atomic E-state index is -0.0980. The van der Waals surface area contributed by atoms with Crippen molar-refractivity contribution in [2.75, 3.05) is 40.4 Å². The number of urea groups is 1. The summed E-state index contributed by atoms with van der Waals surface area (Å²) in [7, 11) is 5.75. The van der Waals surface area contributed by atoms with Crippen LogP contribution >= 0.6 is 11.9 Å². The van der Waals surface area contributed by atoms with E-state index in [1.807, 2.05) is 13.1 Å². The summed E-state index contributed by atoms with van der Waals surface area (Å²) in [6.45, 7) is 2.78.